The summed E-state index contributed by atoms with van der Waals surface area (Å²) in [5.41, 5.74) is -0.132. The van der Waals surface area contributed by atoms with Crippen molar-refractivity contribution < 1.29 is 13.9 Å². The predicted molar refractivity (Wildman–Crippen MR) is 44.5 cm³/mol. The number of hydrogen-bond acceptors (Lipinski definition) is 2. The summed E-state index contributed by atoms with van der Waals surface area (Å²) < 4.78 is 24.6. The molecule has 0 bridgehead atoms. The Bertz CT molecular complexity index is 250. The van der Waals surface area contributed by atoms with E-state index in [4.69, 9.17) is 0 Å². The lowest BCUT2D eigenvalue weighted by molar-refractivity contribution is 0.0999. The van der Waals surface area contributed by atoms with Crippen LogP contribution >= 0.6 is 0 Å². The van der Waals surface area contributed by atoms with Crippen molar-refractivity contribution in [1.82, 2.24) is 4.90 Å². The first-order chi connectivity index (χ1) is 6.18. The van der Waals surface area contributed by atoms with Crippen LogP contribution in [-0.2, 0) is 0 Å². The zero-order chi connectivity index (χ0) is 9.47. The van der Waals surface area contributed by atoms with E-state index >= 15 is 0 Å². The molecule has 2 rings (SSSR count). The quantitative estimate of drug-likeness (QED) is 0.673. The van der Waals surface area contributed by atoms with Gasteiger partial charge in [0.05, 0.1) is 6.61 Å². The van der Waals surface area contributed by atoms with Crippen LogP contribution in [0.3, 0.4) is 0 Å². The number of halogens is 2. The third-order valence-electron chi connectivity index (χ3n) is 3.23. The van der Waals surface area contributed by atoms with Crippen molar-refractivity contribution in [3.63, 3.8) is 0 Å². The second kappa shape index (κ2) is 3.03. The lowest BCUT2D eigenvalue weighted by Crippen LogP contribution is -2.41. The lowest BCUT2D eigenvalue weighted by atomic mass is 9.94. The molecule has 2 fully saturated rings. The number of rotatable bonds is 1. The average molecular weight is 189 g/mol. The van der Waals surface area contributed by atoms with E-state index in [-0.39, 0.29) is 17.7 Å². The maximum absolute atomic E-state index is 12.3. The van der Waals surface area contributed by atoms with E-state index in [2.05, 4.69) is 0 Å². The molecule has 0 saturated carbocycles. The van der Waals surface area contributed by atoms with Crippen molar-refractivity contribution in [3.05, 3.63) is 11.7 Å². The summed E-state index contributed by atoms with van der Waals surface area (Å²) in [6.45, 7) is 1.20. The molecule has 2 saturated heterocycles. The van der Waals surface area contributed by atoms with Crippen molar-refractivity contribution in [2.45, 2.75) is 24.8 Å². The molecule has 0 unspecified atom stereocenters. The van der Waals surface area contributed by atoms with Crippen LogP contribution in [0.4, 0.5) is 8.78 Å². The summed E-state index contributed by atoms with van der Waals surface area (Å²) in [5.74, 6) is 0. The summed E-state index contributed by atoms with van der Waals surface area (Å²) in [6.07, 6.45) is 0.663. The van der Waals surface area contributed by atoms with Crippen molar-refractivity contribution in [1.29, 1.82) is 0 Å². The first kappa shape index (κ1) is 9.09. The van der Waals surface area contributed by atoms with Gasteiger partial charge in [-0.2, -0.15) is 8.78 Å². The Balaban J connectivity index is 2.23. The first-order valence-electron chi connectivity index (χ1n) is 4.57. The molecular formula is C9H13F2NO. The Labute approximate surface area is 75.8 Å². The van der Waals surface area contributed by atoms with Crippen LogP contribution in [0.2, 0.25) is 0 Å². The molecule has 1 atom stereocenters. The van der Waals surface area contributed by atoms with E-state index in [0.29, 0.717) is 13.0 Å². The molecule has 2 heterocycles. The summed E-state index contributed by atoms with van der Waals surface area (Å²) in [4.78, 5) is 1.99. The monoisotopic (exact) mass is 189 g/mol. The van der Waals surface area contributed by atoms with Crippen molar-refractivity contribution in [2.24, 2.45) is 0 Å². The molecule has 1 N–H and O–H groups in total. The van der Waals surface area contributed by atoms with Crippen LogP contribution in [0.25, 0.3) is 0 Å². The van der Waals surface area contributed by atoms with E-state index in [1.807, 2.05) is 4.90 Å². The van der Waals surface area contributed by atoms with Crippen LogP contribution in [-0.4, -0.2) is 35.2 Å². The van der Waals surface area contributed by atoms with Gasteiger partial charge in [0.15, 0.2) is 0 Å². The van der Waals surface area contributed by atoms with Crippen LogP contribution in [0.1, 0.15) is 19.3 Å². The fourth-order valence-electron chi connectivity index (χ4n) is 2.49. The Hall–Kier alpha value is -0.480. The Morgan fingerprint density at radius 2 is 2.31 bits per heavy atom. The van der Waals surface area contributed by atoms with E-state index in [1.54, 1.807) is 0 Å². The first-order valence-corrected chi connectivity index (χ1v) is 4.57. The molecule has 74 valence electrons. The van der Waals surface area contributed by atoms with Crippen molar-refractivity contribution in [3.8, 4) is 0 Å². The fourth-order valence-corrected chi connectivity index (χ4v) is 2.49. The van der Waals surface area contributed by atoms with E-state index in [1.165, 1.54) is 0 Å². The number of aliphatic hydroxyl groups is 1. The van der Waals surface area contributed by atoms with Crippen LogP contribution in [0.15, 0.2) is 11.7 Å². The molecule has 0 aliphatic carbocycles. The number of hydrogen-bond donors (Lipinski definition) is 1. The van der Waals surface area contributed by atoms with Gasteiger partial charge in [0, 0.05) is 17.7 Å². The van der Waals surface area contributed by atoms with Gasteiger partial charge in [-0.25, -0.2) is 0 Å². The summed E-state index contributed by atoms with van der Waals surface area (Å²) in [6, 6.07) is 0. The van der Waals surface area contributed by atoms with Gasteiger partial charge in [-0.05, 0) is 25.8 Å². The molecule has 0 amide bonds. The van der Waals surface area contributed by atoms with E-state index < -0.39 is 6.08 Å². The highest BCUT2D eigenvalue weighted by molar-refractivity contribution is 5.20. The minimum atomic E-state index is -1.55. The van der Waals surface area contributed by atoms with Crippen LogP contribution in [0.5, 0.6) is 0 Å². The Morgan fingerprint density at radius 1 is 1.54 bits per heavy atom. The molecule has 13 heavy (non-hydrogen) atoms. The molecule has 4 heteroatoms. The van der Waals surface area contributed by atoms with Gasteiger partial charge < -0.3 is 5.11 Å². The number of fused-ring (bicyclic) bond motifs is 1. The Kier molecular flexibility index (Phi) is 2.12. The maximum atomic E-state index is 12.3. The summed E-state index contributed by atoms with van der Waals surface area (Å²) in [7, 11) is 0. The van der Waals surface area contributed by atoms with Crippen molar-refractivity contribution >= 4 is 0 Å². The second-order valence-corrected chi connectivity index (χ2v) is 3.95. The largest absolute Gasteiger partial charge is 0.394 e. The van der Waals surface area contributed by atoms with Gasteiger partial charge in [-0.15, -0.1) is 0 Å². The zero-order valence-electron chi connectivity index (χ0n) is 7.39. The molecule has 0 aromatic rings. The van der Waals surface area contributed by atoms with Gasteiger partial charge in [-0.1, -0.05) is 0 Å². The highest BCUT2D eigenvalue weighted by Gasteiger charge is 2.46. The third-order valence-corrected chi connectivity index (χ3v) is 3.23. The number of aliphatic hydroxyl groups excluding tert-OH is 1. The topological polar surface area (TPSA) is 23.5 Å². The maximum Gasteiger partial charge on any atom is 0.270 e. The molecule has 0 radical (unpaired) electrons. The van der Waals surface area contributed by atoms with Crippen LogP contribution < -0.4 is 0 Å². The normalized spacial score (nSPS) is 33.9. The predicted octanol–water partition coefficient (Wildman–Crippen LogP) is 1.37. The van der Waals surface area contributed by atoms with Gasteiger partial charge in [0.2, 0.25) is 0 Å². The van der Waals surface area contributed by atoms with Crippen molar-refractivity contribution in [2.75, 3.05) is 19.7 Å². The minimum absolute atomic E-state index is 0.00375. The smallest absolute Gasteiger partial charge is 0.270 e. The molecule has 0 aromatic carbocycles. The lowest BCUT2D eigenvalue weighted by Gasteiger charge is -2.28. The van der Waals surface area contributed by atoms with E-state index in [9.17, 15) is 13.9 Å². The summed E-state index contributed by atoms with van der Waals surface area (Å²) in [5, 5.41) is 9.22. The summed E-state index contributed by atoms with van der Waals surface area (Å²) >= 11 is 0. The SMILES string of the molecule is OC[C@]12CCCN1CC(=C(F)F)C2. The van der Waals surface area contributed by atoms with Crippen LogP contribution in [0, 0.1) is 0 Å². The van der Waals surface area contributed by atoms with Gasteiger partial charge >= 0.3 is 0 Å². The van der Waals surface area contributed by atoms with Gasteiger partial charge in [0.1, 0.15) is 0 Å². The standard InChI is InChI=1S/C9H13F2NO/c10-8(11)7-4-9(6-13)2-1-3-12(9)5-7/h13H,1-6H2/t9-/m1/s1. The molecule has 2 aliphatic heterocycles. The molecule has 0 spiro atoms. The minimum Gasteiger partial charge on any atom is -0.394 e. The molecule has 0 aromatic heterocycles. The second-order valence-electron chi connectivity index (χ2n) is 3.95. The van der Waals surface area contributed by atoms with Gasteiger partial charge in [-0.3, -0.25) is 4.90 Å². The molecule has 2 nitrogen and oxygen atoms in total. The van der Waals surface area contributed by atoms with E-state index in [0.717, 1.165) is 19.4 Å². The fraction of sp³-hybridized carbons (Fsp3) is 0.778. The Morgan fingerprint density at radius 3 is 2.85 bits per heavy atom. The highest BCUT2D eigenvalue weighted by atomic mass is 19.3. The average Bonchev–Trinajstić information content (AvgIpc) is 2.58. The third kappa shape index (κ3) is 1.28. The molecule has 2 aliphatic rings. The zero-order valence-corrected chi connectivity index (χ0v) is 7.39. The number of nitrogens with zero attached hydrogens (tertiary/aromatic N) is 1. The highest BCUT2D eigenvalue weighted by Crippen LogP contribution is 2.42. The van der Waals surface area contributed by atoms with Gasteiger partial charge in [0.25, 0.3) is 6.08 Å². The molecular weight excluding hydrogens is 176 g/mol.